The summed E-state index contributed by atoms with van der Waals surface area (Å²) in [6.45, 7) is 2.17. The highest BCUT2D eigenvalue weighted by molar-refractivity contribution is 6.31. The van der Waals surface area contributed by atoms with Crippen molar-refractivity contribution >= 4 is 55.5 Å². The van der Waals surface area contributed by atoms with Crippen molar-refractivity contribution in [2.24, 2.45) is 0 Å². The molecule has 1 saturated heterocycles. The number of rotatable bonds is 1. The lowest BCUT2D eigenvalue weighted by Gasteiger charge is -2.37. The van der Waals surface area contributed by atoms with Crippen LogP contribution in [0, 0.1) is 0 Å². The second kappa shape index (κ2) is 5.84. The van der Waals surface area contributed by atoms with Gasteiger partial charge in [0.15, 0.2) is 5.72 Å². The van der Waals surface area contributed by atoms with Crippen molar-refractivity contribution in [1.82, 2.24) is 14.5 Å². The maximum atomic E-state index is 13.2. The van der Waals surface area contributed by atoms with Crippen LogP contribution in [0.2, 0.25) is 0 Å². The highest BCUT2D eigenvalue weighted by atomic mass is 16.6. The summed E-state index contributed by atoms with van der Waals surface area (Å²) in [6, 6.07) is 15.8. The number of amides is 1. The van der Waals surface area contributed by atoms with Crippen LogP contribution in [0.4, 0.5) is 0 Å². The average molecular weight is 467 g/mol. The first-order chi connectivity index (χ1) is 16.9. The third kappa shape index (κ3) is 1.89. The van der Waals surface area contributed by atoms with Crippen LogP contribution in [0.5, 0.6) is 0 Å². The maximum Gasteiger partial charge on any atom is 0.343 e. The SMILES string of the molecule is COC(=O)C1(O)CC2O[C@]1(C)n1c3ccccc3c3c4c(c5c6ccccc6n2c5c31)C(=O)NC4. The molecule has 2 unspecified atom stereocenters. The molecule has 35 heavy (non-hydrogen) atoms. The Kier molecular flexibility index (Phi) is 3.24. The number of carbonyl (C=O) groups excluding carboxylic acids is 2. The smallest absolute Gasteiger partial charge is 0.343 e. The fourth-order valence-corrected chi connectivity index (χ4v) is 6.89. The summed E-state index contributed by atoms with van der Waals surface area (Å²) in [4.78, 5) is 26.3. The first-order valence-corrected chi connectivity index (χ1v) is 11.7. The lowest BCUT2D eigenvalue weighted by molar-refractivity contribution is -0.202. The number of ether oxygens (including phenoxy) is 2. The van der Waals surface area contributed by atoms with Crippen LogP contribution >= 0.6 is 0 Å². The number of hydrogen-bond acceptors (Lipinski definition) is 5. The molecule has 0 spiro atoms. The Balaban J connectivity index is 1.73. The number of nitrogens with one attached hydrogen (secondary N) is 1. The number of nitrogens with zero attached hydrogens (tertiary/aromatic N) is 2. The van der Waals surface area contributed by atoms with E-state index in [9.17, 15) is 14.7 Å². The minimum Gasteiger partial charge on any atom is -0.467 e. The van der Waals surface area contributed by atoms with Crippen molar-refractivity contribution < 1.29 is 24.2 Å². The summed E-state index contributed by atoms with van der Waals surface area (Å²) in [6.07, 6.45) is -0.628. The van der Waals surface area contributed by atoms with Crippen molar-refractivity contribution in [1.29, 1.82) is 0 Å². The van der Waals surface area contributed by atoms with Crippen LogP contribution in [0.3, 0.4) is 0 Å². The predicted molar refractivity (Wildman–Crippen MR) is 129 cm³/mol. The number of benzene rings is 3. The second-order valence-electron chi connectivity index (χ2n) is 9.83. The molecule has 8 rings (SSSR count). The number of para-hydroxylation sites is 2. The van der Waals surface area contributed by atoms with E-state index in [4.69, 9.17) is 9.47 Å². The zero-order chi connectivity index (χ0) is 23.9. The number of esters is 1. The monoisotopic (exact) mass is 467 g/mol. The number of hydrogen-bond donors (Lipinski definition) is 2. The quantitative estimate of drug-likeness (QED) is 0.367. The zero-order valence-corrected chi connectivity index (χ0v) is 19.1. The highest BCUT2D eigenvalue weighted by Crippen LogP contribution is 2.57. The third-order valence-electron chi connectivity index (χ3n) is 8.36. The maximum absolute atomic E-state index is 13.2. The molecular formula is C27H21N3O5. The van der Waals surface area contributed by atoms with Crippen LogP contribution in [-0.2, 0) is 26.5 Å². The number of aromatic nitrogens is 2. The molecule has 2 aromatic heterocycles. The van der Waals surface area contributed by atoms with E-state index in [0.29, 0.717) is 12.1 Å². The molecule has 174 valence electrons. The van der Waals surface area contributed by atoms with Crippen molar-refractivity contribution in [2.45, 2.75) is 37.4 Å². The summed E-state index contributed by atoms with van der Waals surface area (Å²) in [5.41, 5.74) is 1.69. The van der Waals surface area contributed by atoms with Crippen molar-refractivity contribution in [3.8, 4) is 0 Å². The second-order valence-corrected chi connectivity index (χ2v) is 9.83. The number of carbonyl (C=O) groups is 2. The van der Waals surface area contributed by atoms with E-state index in [0.717, 1.165) is 49.2 Å². The van der Waals surface area contributed by atoms with Gasteiger partial charge in [0.1, 0.15) is 6.23 Å². The van der Waals surface area contributed by atoms with Gasteiger partial charge < -0.3 is 29.0 Å². The lowest BCUT2D eigenvalue weighted by Crippen LogP contribution is -2.56. The van der Waals surface area contributed by atoms with Crippen LogP contribution in [-0.4, -0.2) is 38.8 Å². The lowest BCUT2D eigenvalue weighted by atomic mass is 9.88. The van der Waals surface area contributed by atoms with E-state index in [1.165, 1.54) is 7.11 Å². The Morgan fingerprint density at radius 1 is 1.09 bits per heavy atom. The largest absolute Gasteiger partial charge is 0.467 e. The first-order valence-electron chi connectivity index (χ1n) is 11.7. The molecule has 3 aliphatic heterocycles. The molecule has 1 amide bonds. The van der Waals surface area contributed by atoms with Crippen LogP contribution in [0.15, 0.2) is 48.5 Å². The Morgan fingerprint density at radius 3 is 2.51 bits per heavy atom. The molecule has 5 heterocycles. The number of aliphatic hydroxyl groups is 1. The van der Waals surface area contributed by atoms with E-state index in [1.54, 1.807) is 6.92 Å². The fraction of sp³-hybridized carbons (Fsp3) is 0.259. The van der Waals surface area contributed by atoms with Gasteiger partial charge in [-0.15, -0.1) is 0 Å². The molecule has 8 heteroatoms. The molecule has 3 aromatic carbocycles. The Labute approximate surface area is 198 Å². The Hall–Kier alpha value is -3.88. The van der Waals surface area contributed by atoms with Crippen LogP contribution in [0.1, 0.15) is 35.5 Å². The minimum atomic E-state index is -1.93. The first kappa shape index (κ1) is 19.4. The summed E-state index contributed by atoms with van der Waals surface area (Å²) < 4.78 is 15.8. The van der Waals surface area contributed by atoms with E-state index < -0.39 is 23.5 Å². The van der Waals surface area contributed by atoms with Gasteiger partial charge in [-0.25, -0.2) is 4.79 Å². The van der Waals surface area contributed by atoms with Crippen molar-refractivity contribution in [3.63, 3.8) is 0 Å². The van der Waals surface area contributed by atoms with Crippen molar-refractivity contribution in [2.75, 3.05) is 7.11 Å². The summed E-state index contributed by atoms with van der Waals surface area (Å²) in [5.74, 6) is -0.822. The van der Waals surface area contributed by atoms with Crippen LogP contribution < -0.4 is 5.32 Å². The molecule has 3 atom stereocenters. The summed E-state index contributed by atoms with van der Waals surface area (Å²) in [5, 5.41) is 18.7. The molecule has 3 aliphatic rings. The Bertz CT molecular complexity index is 1830. The van der Waals surface area contributed by atoms with Gasteiger partial charge in [-0.3, -0.25) is 4.79 Å². The van der Waals surface area contributed by atoms with E-state index in [-0.39, 0.29) is 12.3 Å². The van der Waals surface area contributed by atoms with Gasteiger partial charge in [0, 0.05) is 34.5 Å². The minimum absolute atomic E-state index is 0.0146. The molecular weight excluding hydrogens is 446 g/mol. The molecule has 0 radical (unpaired) electrons. The molecule has 0 aliphatic carbocycles. The number of methoxy groups -OCH3 is 1. The topological polar surface area (TPSA) is 94.7 Å². The van der Waals surface area contributed by atoms with Gasteiger partial charge in [-0.1, -0.05) is 36.4 Å². The molecule has 5 aromatic rings. The highest BCUT2D eigenvalue weighted by Gasteiger charge is 2.65. The molecule has 0 saturated carbocycles. The summed E-state index contributed by atoms with van der Waals surface area (Å²) >= 11 is 0. The molecule has 2 bridgehead atoms. The summed E-state index contributed by atoms with van der Waals surface area (Å²) in [7, 11) is 1.28. The van der Waals surface area contributed by atoms with Gasteiger partial charge >= 0.3 is 5.97 Å². The molecule has 2 N–H and O–H groups in total. The van der Waals surface area contributed by atoms with E-state index >= 15 is 0 Å². The van der Waals surface area contributed by atoms with Gasteiger partial charge in [0.2, 0.25) is 5.60 Å². The zero-order valence-electron chi connectivity index (χ0n) is 19.1. The Morgan fingerprint density at radius 2 is 1.77 bits per heavy atom. The third-order valence-corrected chi connectivity index (χ3v) is 8.36. The number of fused-ring (bicyclic) bond motifs is 13. The molecule has 8 nitrogen and oxygen atoms in total. The van der Waals surface area contributed by atoms with Crippen molar-refractivity contribution in [3.05, 3.63) is 59.7 Å². The van der Waals surface area contributed by atoms with E-state index in [2.05, 4.69) is 9.88 Å². The van der Waals surface area contributed by atoms with Gasteiger partial charge in [0.25, 0.3) is 5.91 Å². The fourth-order valence-electron chi connectivity index (χ4n) is 6.89. The molecule has 1 fully saturated rings. The van der Waals surface area contributed by atoms with Crippen LogP contribution in [0.25, 0.3) is 43.6 Å². The van der Waals surface area contributed by atoms with Gasteiger partial charge in [0.05, 0.1) is 34.7 Å². The standard InChI is InChI=1S/C27H21N3O5/c1-26-27(33,25(32)34-2)11-18(35-26)29-16-9-5-3-7-13(16)20-21-15(12-28-24(21)31)19-14-8-4-6-10-17(14)30(26)23(19)22(20)29/h3-10,18,33H,11-12H2,1-2H3,(H,28,31)/t18?,26-,27?/m0/s1. The predicted octanol–water partition coefficient (Wildman–Crippen LogP) is 3.66. The van der Waals surface area contributed by atoms with Gasteiger partial charge in [-0.05, 0) is 24.6 Å². The van der Waals surface area contributed by atoms with E-state index in [1.807, 2.05) is 53.1 Å². The van der Waals surface area contributed by atoms with Gasteiger partial charge in [-0.2, -0.15) is 0 Å². The average Bonchev–Trinajstić information content (AvgIpc) is 3.55. The normalized spacial score (nSPS) is 26.7.